The Morgan fingerprint density at radius 2 is 1.75 bits per heavy atom. The van der Waals surface area contributed by atoms with Crippen LogP contribution in [0.15, 0.2) is 18.2 Å². The van der Waals surface area contributed by atoms with Gasteiger partial charge in [0.2, 0.25) is 0 Å². The van der Waals surface area contributed by atoms with Gasteiger partial charge in [0.05, 0.1) is 13.2 Å². The van der Waals surface area contributed by atoms with Crippen LogP contribution in [0, 0.1) is 19.8 Å². The summed E-state index contributed by atoms with van der Waals surface area (Å²) in [6, 6.07) is 6.90. The number of hydrogen-bond acceptors (Lipinski definition) is 4. The molecular weight excluding hydrogens is 352 g/mol. The zero-order valence-electron chi connectivity index (χ0n) is 17.9. The van der Waals surface area contributed by atoms with Crippen molar-refractivity contribution in [1.29, 1.82) is 0 Å². The Morgan fingerprint density at radius 1 is 1.07 bits per heavy atom. The van der Waals surface area contributed by atoms with Crippen molar-refractivity contribution in [1.82, 2.24) is 15.1 Å². The fourth-order valence-corrected chi connectivity index (χ4v) is 4.23. The molecule has 0 saturated carbocycles. The van der Waals surface area contributed by atoms with Crippen LogP contribution in [0.4, 0.5) is 10.5 Å². The van der Waals surface area contributed by atoms with E-state index in [0.717, 1.165) is 52.5 Å². The predicted molar refractivity (Wildman–Crippen MR) is 114 cm³/mol. The third-order valence-electron chi connectivity index (χ3n) is 6.23. The number of ether oxygens (including phenoxy) is 1. The van der Waals surface area contributed by atoms with E-state index < -0.39 is 0 Å². The molecule has 156 valence electrons. The highest BCUT2D eigenvalue weighted by Crippen LogP contribution is 2.23. The van der Waals surface area contributed by atoms with Crippen molar-refractivity contribution in [2.45, 2.75) is 33.7 Å². The highest BCUT2D eigenvalue weighted by atomic mass is 16.5. The summed E-state index contributed by atoms with van der Waals surface area (Å²) in [6.07, 6.45) is 0. The van der Waals surface area contributed by atoms with E-state index in [1.54, 1.807) is 0 Å². The molecule has 1 atom stereocenters. The Kier molecular flexibility index (Phi) is 7.18. The molecule has 2 saturated heterocycles. The number of benzene rings is 1. The van der Waals surface area contributed by atoms with Gasteiger partial charge in [0.25, 0.3) is 0 Å². The second-order valence-electron chi connectivity index (χ2n) is 8.34. The van der Waals surface area contributed by atoms with Gasteiger partial charge in [-0.3, -0.25) is 4.90 Å². The van der Waals surface area contributed by atoms with Crippen LogP contribution in [0.3, 0.4) is 0 Å². The van der Waals surface area contributed by atoms with Crippen molar-refractivity contribution in [3.8, 4) is 0 Å². The van der Waals surface area contributed by atoms with Gasteiger partial charge >= 0.3 is 6.03 Å². The fourth-order valence-electron chi connectivity index (χ4n) is 4.23. The maximum Gasteiger partial charge on any atom is 0.317 e. The van der Waals surface area contributed by atoms with Crippen molar-refractivity contribution < 1.29 is 9.53 Å². The molecule has 3 rings (SSSR count). The number of carbonyl (C=O) groups excluding carboxylic acids is 1. The number of morpholine rings is 1. The van der Waals surface area contributed by atoms with Crippen molar-refractivity contribution in [3.05, 3.63) is 29.3 Å². The summed E-state index contributed by atoms with van der Waals surface area (Å²) in [6.45, 7) is 16.3. The number of anilines is 1. The molecule has 0 spiro atoms. The van der Waals surface area contributed by atoms with Gasteiger partial charge in [-0.1, -0.05) is 26.0 Å². The van der Waals surface area contributed by atoms with Gasteiger partial charge in [0.15, 0.2) is 0 Å². The summed E-state index contributed by atoms with van der Waals surface area (Å²) in [5.74, 6) is 0.500. The summed E-state index contributed by atoms with van der Waals surface area (Å²) in [4.78, 5) is 19.5. The molecule has 0 aromatic heterocycles. The van der Waals surface area contributed by atoms with Gasteiger partial charge in [-0.05, 0) is 37.0 Å². The molecule has 0 aliphatic carbocycles. The summed E-state index contributed by atoms with van der Waals surface area (Å²) in [7, 11) is 0. The lowest BCUT2D eigenvalue weighted by Gasteiger charge is -2.39. The molecule has 6 heteroatoms. The molecule has 28 heavy (non-hydrogen) atoms. The maximum absolute atomic E-state index is 12.7. The van der Waals surface area contributed by atoms with Crippen molar-refractivity contribution in [2.24, 2.45) is 5.92 Å². The van der Waals surface area contributed by atoms with Gasteiger partial charge in [0, 0.05) is 57.5 Å². The van der Waals surface area contributed by atoms with Crippen molar-refractivity contribution in [2.75, 3.05) is 63.9 Å². The summed E-state index contributed by atoms with van der Waals surface area (Å²) >= 11 is 0. The lowest BCUT2D eigenvalue weighted by atomic mass is 10.0. The Bertz CT molecular complexity index is 650. The van der Waals surface area contributed by atoms with E-state index in [1.165, 1.54) is 16.8 Å². The monoisotopic (exact) mass is 388 g/mol. The number of nitrogens with one attached hydrogen (secondary N) is 1. The molecule has 2 fully saturated rings. The highest BCUT2D eigenvalue weighted by Gasteiger charge is 2.26. The first-order valence-corrected chi connectivity index (χ1v) is 10.6. The summed E-state index contributed by atoms with van der Waals surface area (Å²) in [5, 5.41) is 3.19. The third-order valence-corrected chi connectivity index (χ3v) is 6.23. The van der Waals surface area contributed by atoms with Gasteiger partial charge in [0.1, 0.15) is 0 Å². The average molecular weight is 389 g/mol. The SMILES string of the molecule is Cc1cccc(N2CCN(C(=O)NCC(C(C)C)N3CCOCC3)CC2)c1C. The lowest BCUT2D eigenvalue weighted by molar-refractivity contribution is 0.00693. The molecule has 2 aliphatic rings. The molecule has 1 aromatic carbocycles. The minimum Gasteiger partial charge on any atom is -0.379 e. The molecule has 6 nitrogen and oxygen atoms in total. The van der Waals surface area contributed by atoms with Gasteiger partial charge in [-0.2, -0.15) is 0 Å². The van der Waals surface area contributed by atoms with Crippen LogP contribution in [0.2, 0.25) is 0 Å². The Labute approximate surface area is 169 Å². The zero-order valence-corrected chi connectivity index (χ0v) is 17.9. The van der Waals surface area contributed by atoms with Crippen LogP contribution in [-0.2, 0) is 4.74 Å². The van der Waals surface area contributed by atoms with Crippen LogP contribution < -0.4 is 10.2 Å². The molecule has 2 heterocycles. The second kappa shape index (κ2) is 9.61. The first-order valence-electron chi connectivity index (χ1n) is 10.6. The first kappa shape index (κ1) is 20.9. The maximum atomic E-state index is 12.7. The molecular formula is C22H36N4O2. The normalized spacial score (nSPS) is 19.8. The Morgan fingerprint density at radius 3 is 2.39 bits per heavy atom. The molecule has 2 aliphatic heterocycles. The average Bonchev–Trinajstić information content (AvgIpc) is 2.71. The van der Waals surface area contributed by atoms with E-state index in [2.05, 4.69) is 61.0 Å². The van der Waals surface area contributed by atoms with E-state index in [1.807, 2.05) is 4.90 Å². The predicted octanol–water partition coefficient (Wildman–Crippen LogP) is 2.49. The molecule has 1 unspecified atom stereocenters. The number of aryl methyl sites for hydroxylation is 1. The number of carbonyl (C=O) groups is 1. The van der Waals surface area contributed by atoms with E-state index in [4.69, 9.17) is 4.74 Å². The molecule has 0 bridgehead atoms. The molecule has 1 aromatic rings. The summed E-state index contributed by atoms with van der Waals surface area (Å²) < 4.78 is 5.47. The van der Waals surface area contributed by atoms with Crippen LogP contribution >= 0.6 is 0 Å². The molecule has 1 N–H and O–H groups in total. The van der Waals surface area contributed by atoms with Crippen LogP contribution in [0.25, 0.3) is 0 Å². The first-order chi connectivity index (χ1) is 13.5. The Hall–Kier alpha value is -1.79. The van der Waals surface area contributed by atoms with Gasteiger partial charge in [-0.15, -0.1) is 0 Å². The smallest absolute Gasteiger partial charge is 0.317 e. The number of piperazine rings is 1. The topological polar surface area (TPSA) is 48.0 Å². The van der Waals surface area contributed by atoms with Crippen molar-refractivity contribution >= 4 is 11.7 Å². The number of hydrogen-bond donors (Lipinski definition) is 1. The van der Waals surface area contributed by atoms with Gasteiger partial charge in [-0.25, -0.2) is 4.79 Å². The minimum atomic E-state index is 0.0690. The quantitative estimate of drug-likeness (QED) is 0.842. The standard InChI is InChI=1S/C22H36N4O2/c1-17(2)21(25-12-14-28-15-13-25)16-23-22(27)26-10-8-24(9-11-26)20-7-5-6-18(3)19(20)4/h5-7,17,21H,8-16H2,1-4H3,(H,23,27). The number of rotatable bonds is 5. The fraction of sp³-hybridized carbons (Fsp3) is 0.682. The van der Waals surface area contributed by atoms with Gasteiger partial charge < -0.3 is 19.9 Å². The van der Waals surface area contributed by atoms with E-state index in [0.29, 0.717) is 18.5 Å². The Balaban J connectivity index is 1.50. The number of nitrogens with zero attached hydrogens (tertiary/aromatic N) is 3. The third kappa shape index (κ3) is 4.97. The van der Waals surface area contributed by atoms with Crippen LogP contribution in [0.5, 0.6) is 0 Å². The largest absolute Gasteiger partial charge is 0.379 e. The van der Waals surface area contributed by atoms with E-state index in [9.17, 15) is 4.79 Å². The number of urea groups is 1. The highest BCUT2D eigenvalue weighted by molar-refractivity contribution is 5.74. The lowest BCUT2D eigenvalue weighted by Crippen LogP contribution is -2.55. The zero-order chi connectivity index (χ0) is 20.1. The summed E-state index contributed by atoms with van der Waals surface area (Å²) in [5.41, 5.74) is 3.96. The molecule has 2 amide bonds. The van der Waals surface area contributed by atoms with Crippen LogP contribution in [-0.4, -0.2) is 80.9 Å². The molecule has 0 radical (unpaired) electrons. The van der Waals surface area contributed by atoms with Crippen LogP contribution in [0.1, 0.15) is 25.0 Å². The number of amides is 2. The second-order valence-corrected chi connectivity index (χ2v) is 8.34. The van der Waals surface area contributed by atoms with E-state index >= 15 is 0 Å². The van der Waals surface area contributed by atoms with E-state index in [-0.39, 0.29) is 6.03 Å². The van der Waals surface area contributed by atoms with Crippen molar-refractivity contribution in [3.63, 3.8) is 0 Å². The minimum absolute atomic E-state index is 0.0690.